The van der Waals surface area contributed by atoms with Crippen LogP contribution in [0.3, 0.4) is 0 Å². The SMILES string of the molecule is Cc1ccc(OC(c2cccnc2)C(C)N)c(Cl)c1. The van der Waals surface area contributed by atoms with E-state index in [-0.39, 0.29) is 12.1 Å². The van der Waals surface area contributed by atoms with Gasteiger partial charge in [0.2, 0.25) is 0 Å². The zero-order valence-electron chi connectivity index (χ0n) is 11.0. The Hall–Kier alpha value is -1.58. The van der Waals surface area contributed by atoms with E-state index in [1.54, 1.807) is 12.4 Å². The first-order valence-corrected chi connectivity index (χ1v) is 6.54. The van der Waals surface area contributed by atoms with E-state index in [1.807, 2.05) is 44.2 Å². The van der Waals surface area contributed by atoms with Gasteiger partial charge in [-0.05, 0) is 37.6 Å². The second-order valence-electron chi connectivity index (χ2n) is 4.62. The van der Waals surface area contributed by atoms with Crippen molar-refractivity contribution in [3.63, 3.8) is 0 Å². The quantitative estimate of drug-likeness (QED) is 0.930. The van der Waals surface area contributed by atoms with Crippen LogP contribution in [0, 0.1) is 6.92 Å². The molecule has 2 rings (SSSR count). The van der Waals surface area contributed by atoms with Crippen molar-refractivity contribution in [1.82, 2.24) is 4.98 Å². The van der Waals surface area contributed by atoms with E-state index >= 15 is 0 Å². The van der Waals surface area contributed by atoms with Crippen LogP contribution >= 0.6 is 11.6 Å². The van der Waals surface area contributed by atoms with Crippen molar-refractivity contribution in [2.24, 2.45) is 5.73 Å². The molecule has 1 aromatic heterocycles. The van der Waals surface area contributed by atoms with Crippen LogP contribution in [0.5, 0.6) is 5.75 Å². The number of nitrogens with two attached hydrogens (primary N) is 1. The molecule has 3 nitrogen and oxygen atoms in total. The number of hydrogen-bond acceptors (Lipinski definition) is 3. The number of halogens is 1. The molecular weight excluding hydrogens is 260 g/mol. The molecule has 100 valence electrons. The monoisotopic (exact) mass is 276 g/mol. The molecule has 0 spiro atoms. The number of hydrogen-bond donors (Lipinski definition) is 1. The van der Waals surface area contributed by atoms with Crippen LogP contribution < -0.4 is 10.5 Å². The van der Waals surface area contributed by atoms with Crippen LogP contribution in [0.4, 0.5) is 0 Å². The lowest BCUT2D eigenvalue weighted by molar-refractivity contribution is 0.180. The largest absolute Gasteiger partial charge is 0.482 e. The summed E-state index contributed by atoms with van der Waals surface area (Å²) in [5, 5.41) is 0.592. The van der Waals surface area contributed by atoms with Crippen molar-refractivity contribution in [2.45, 2.75) is 26.0 Å². The van der Waals surface area contributed by atoms with Crippen LogP contribution in [0.25, 0.3) is 0 Å². The Morgan fingerprint density at radius 1 is 1.32 bits per heavy atom. The number of ether oxygens (including phenoxy) is 1. The van der Waals surface area contributed by atoms with Gasteiger partial charge in [0.1, 0.15) is 11.9 Å². The van der Waals surface area contributed by atoms with E-state index in [1.165, 1.54) is 0 Å². The molecule has 1 aromatic carbocycles. The molecule has 19 heavy (non-hydrogen) atoms. The lowest BCUT2D eigenvalue weighted by atomic mass is 10.1. The molecule has 0 radical (unpaired) electrons. The molecule has 0 saturated carbocycles. The first-order chi connectivity index (χ1) is 9.08. The van der Waals surface area contributed by atoms with E-state index in [0.29, 0.717) is 10.8 Å². The van der Waals surface area contributed by atoms with E-state index in [9.17, 15) is 0 Å². The standard InChI is InChI=1S/C15H17ClN2O/c1-10-5-6-14(13(16)8-10)19-15(11(2)17)12-4-3-7-18-9-12/h3-9,11,15H,17H2,1-2H3. The second kappa shape index (κ2) is 6.04. The van der Waals surface area contributed by atoms with Gasteiger partial charge in [0.05, 0.1) is 5.02 Å². The van der Waals surface area contributed by atoms with Crippen molar-refractivity contribution in [2.75, 3.05) is 0 Å². The maximum atomic E-state index is 6.18. The Morgan fingerprint density at radius 2 is 2.11 bits per heavy atom. The van der Waals surface area contributed by atoms with E-state index < -0.39 is 0 Å². The summed E-state index contributed by atoms with van der Waals surface area (Å²) in [5.74, 6) is 0.637. The molecule has 0 bridgehead atoms. The molecule has 0 amide bonds. The predicted molar refractivity (Wildman–Crippen MR) is 77.4 cm³/mol. The van der Waals surface area contributed by atoms with Crippen LogP contribution in [-0.2, 0) is 0 Å². The van der Waals surface area contributed by atoms with E-state index in [0.717, 1.165) is 11.1 Å². The molecule has 2 unspecified atom stereocenters. The van der Waals surface area contributed by atoms with Crippen molar-refractivity contribution >= 4 is 11.6 Å². The van der Waals surface area contributed by atoms with Crippen molar-refractivity contribution in [1.29, 1.82) is 0 Å². The maximum absolute atomic E-state index is 6.18. The topological polar surface area (TPSA) is 48.1 Å². The van der Waals surface area contributed by atoms with Crippen LogP contribution in [0.15, 0.2) is 42.7 Å². The van der Waals surface area contributed by atoms with Gasteiger partial charge < -0.3 is 10.5 Å². The fourth-order valence-electron chi connectivity index (χ4n) is 1.86. The molecule has 0 fully saturated rings. The normalized spacial score (nSPS) is 13.9. The zero-order chi connectivity index (χ0) is 13.8. The van der Waals surface area contributed by atoms with Gasteiger partial charge in [-0.3, -0.25) is 4.98 Å². The van der Waals surface area contributed by atoms with Gasteiger partial charge in [-0.15, -0.1) is 0 Å². The van der Waals surface area contributed by atoms with Gasteiger partial charge in [-0.1, -0.05) is 23.7 Å². The molecule has 2 atom stereocenters. The highest BCUT2D eigenvalue weighted by Crippen LogP contribution is 2.30. The number of benzene rings is 1. The summed E-state index contributed by atoms with van der Waals surface area (Å²) >= 11 is 6.18. The highest BCUT2D eigenvalue weighted by molar-refractivity contribution is 6.32. The van der Waals surface area contributed by atoms with Gasteiger partial charge in [0, 0.05) is 24.0 Å². The summed E-state index contributed by atoms with van der Waals surface area (Å²) in [6.45, 7) is 3.89. The molecule has 0 saturated heterocycles. The summed E-state index contributed by atoms with van der Waals surface area (Å²) in [4.78, 5) is 4.10. The number of rotatable bonds is 4. The molecule has 0 aliphatic carbocycles. The van der Waals surface area contributed by atoms with Gasteiger partial charge in [0.15, 0.2) is 0 Å². The summed E-state index contributed by atoms with van der Waals surface area (Å²) in [6, 6.07) is 9.35. The number of nitrogens with zero attached hydrogens (tertiary/aromatic N) is 1. The third-order valence-corrected chi connectivity index (χ3v) is 3.13. The zero-order valence-corrected chi connectivity index (χ0v) is 11.8. The summed E-state index contributed by atoms with van der Waals surface area (Å²) < 4.78 is 5.95. The van der Waals surface area contributed by atoms with Crippen molar-refractivity contribution in [3.05, 3.63) is 58.9 Å². The van der Waals surface area contributed by atoms with Crippen molar-refractivity contribution < 1.29 is 4.74 Å². The minimum absolute atomic E-state index is 0.165. The summed E-state index contributed by atoms with van der Waals surface area (Å²) in [5.41, 5.74) is 8.03. The molecule has 0 aliphatic rings. The molecule has 2 aromatic rings. The lowest BCUT2D eigenvalue weighted by Crippen LogP contribution is -2.29. The second-order valence-corrected chi connectivity index (χ2v) is 5.03. The average Bonchev–Trinajstić information content (AvgIpc) is 2.38. The first kappa shape index (κ1) is 13.8. The number of aryl methyl sites for hydroxylation is 1. The lowest BCUT2D eigenvalue weighted by Gasteiger charge is -2.23. The van der Waals surface area contributed by atoms with Crippen LogP contribution in [0.1, 0.15) is 24.2 Å². The van der Waals surface area contributed by atoms with Gasteiger partial charge in [-0.2, -0.15) is 0 Å². The Morgan fingerprint density at radius 3 is 2.68 bits per heavy atom. The molecule has 1 heterocycles. The minimum atomic E-state index is -0.270. The Bertz CT molecular complexity index is 543. The Kier molecular flexibility index (Phi) is 4.40. The summed E-state index contributed by atoms with van der Waals surface area (Å²) in [7, 11) is 0. The van der Waals surface area contributed by atoms with Crippen LogP contribution in [-0.4, -0.2) is 11.0 Å². The van der Waals surface area contributed by atoms with E-state index in [4.69, 9.17) is 22.1 Å². The first-order valence-electron chi connectivity index (χ1n) is 6.16. The highest BCUT2D eigenvalue weighted by atomic mass is 35.5. The third kappa shape index (κ3) is 3.46. The Labute approximate surface area is 118 Å². The van der Waals surface area contributed by atoms with E-state index in [2.05, 4.69) is 4.98 Å². The molecule has 2 N–H and O–H groups in total. The van der Waals surface area contributed by atoms with Crippen LogP contribution in [0.2, 0.25) is 5.02 Å². The minimum Gasteiger partial charge on any atom is -0.482 e. The average molecular weight is 277 g/mol. The predicted octanol–water partition coefficient (Wildman–Crippen LogP) is 3.51. The smallest absolute Gasteiger partial charge is 0.140 e. The molecular formula is C15H17ClN2O. The number of aromatic nitrogens is 1. The van der Waals surface area contributed by atoms with Gasteiger partial charge in [-0.25, -0.2) is 0 Å². The van der Waals surface area contributed by atoms with Gasteiger partial charge in [0.25, 0.3) is 0 Å². The fraction of sp³-hybridized carbons (Fsp3) is 0.267. The van der Waals surface area contributed by atoms with Gasteiger partial charge >= 0.3 is 0 Å². The fourth-order valence-corrected chi connectivity index (χ4v) is 2.14. The molecule has 4 heteroatoms. The third-order valence-electron chi connectivity index (χ3n) is 2.83. The maximum Gasteiger partial charge on any atom is 0.140 e. The van der Waals surface area contributed by atoms with Crippen molar-refractivity contribution in [3.8, 4) is 5.75 Å². The summed E-state index contributed by atoms with van der Waals surface area (Å²) in [6.07, 6.45) is 3.21. The Balaban J connectivity index is 2.27. The highest BCUT2D eigenvalue weighted by Gasteiger charge is 2.19. The molecule has 0 aliphatic heterocycles. The number of pyridine rings is 1.